The second-order valence-corrected chi connectivity index (χ2v) is 4.67. The van der Waals surface area contributed by atoms with E-state index >= 15 is 0 Å². The molecule has 2 rings (SSSR count). The summed E-state index contributed by atoms with van der Waals surface area (Å²) in [6, 6.07) is 0.340. The van der Waals surface area contributed by atoms with Gasteiger partial charge in [0.05, 0.1) is 0 Å². The molecular weight excluding hydrogens is 200 g/mol. The summed E-state index contributed by atoms with van der Waals surface area (Å²) < 4.78 is 0. The van der Waals surface area contributed by atoms with Crippen LogP contribution in [-0.2, 0) is 0 Å². The molecule has 1 heterocycles. The van der Waals surface area contributed by atoms with Crippen molar-refractivity contribution < 1.29 is 0 Å². The number of nitrogens with one attached hydrogen (secondary N) is 1. The molecule has 1 saturated carbocycles. The van der Waals surface area contributed by atoms with Crippen molar-refractivity contribution in [3.8, 4) is 0 Å². The van der Waals surface area contributed by atoms with Crippen LogP contribution in [0, 0.1) is 12.8 Å². The molecule has 1 aromatic heterocycles. The van der Waals surface area contributed by atoms with Gasteiger partial charge in [0, 0.05) is 25.0 Å². The van der Waals surface area contributed by atoms with Gasteiger partial charge in [-0.1, -0.05) is 12.8 Å². The molecule has 1 fully saturated rings. The summed E-state index contributed by atoms with van der Waals surface area (Å²) >= 11 is 0. The largest absolute Gasteiger partial charge is 0.354 e. The Morgan fingerprint density at radius 1 is 1.31 bits per heavy atom. The van der Waals surface area contributed by atoms with E-state index in [0.29, 0.717) is 17.9 Å². The summed E-state index contributed by atoms with van der Waals surface area (Å²) in [6.07, 6.45) is 8.61. The maximum absolute atomic E-state index is 6.09. The zero-order chi connectivity index (χ0) is 11.4. The van der Waals surface area contributed by atoms with Crippen LogP contribution >= 0.6 is 0 Å². The Kier molecular flexibility index (Phi) is 3.72. The van der Waals surface area contributed by atoms with E-state index in [4.69, 9.17) is 5.73 Å². The molecular formula is C12H20N4. The van der Waals surface area contributed by atoms with Crippen LogP contribution in [0.5, 0.6) is 0 Å². The molecule has 4 nitrogen and oxygen atoms in total. The standard InChI is InChI=1S/C12H20N4/c1-9-6-14-12(15-7-9)16-8-10-4-2-3-5-11(10)13/h6-7,10-11H,2-5,8,13H2,1H3,(H,14,15,16). The highest BCUT2D eigenvalue weighted by Gasteiger charge is 2.21. The Labute approximate surface area is 96.7 Å². The SMILES string of the molecule is Cc1cnc(NCC2CCCCC2N)nc1. The zero-order valence-electron chi connectivity index (χ0n) is 9.82. The lowest BCUT2D eigenvalue weighted by atomic mass is 9.85. The predicted octanol–water partition coefficient (Wildman–Crippen LogP) is 1.71. The second kappa shape index (κ2) is 5.25. The van der Waals surface area contributed by atoms with Gasteiger partial charge >= 0.3 is 0 Å². The zero-order valence-corrected chi connectivity index (χ0v) is 9.82. The van der Waals surface area contributed by atoms with E-state index in [1.807, 2.05) is 19.3 Å². The van der Waals surface area contributed by atoms with E-state index in [2.05, 4.69) is 15.3 Å². The molecule has 0 bridgehead atoms. The minimum absolute atomic E-state index is 0.340. The molecule has 2 unspecified atom stereocenters. The average Bonchev–Trinajstić information content (AvgIpc) is 2.30. The average molecular weight is 220 g/mol. The fourth-order valence-electron chi connectivity index (χ4n) is 2.20. The quantitative estimate of drug-likeness (QED) is 0.814. The molecule has 0 spiro atoms. The molecule has 4 heteroatoms. The normalized spacial score (nSPS) is 25.4. The molecule has 3 N–H and O–H groups in total. The Bertz CT molecular complexity index is 322. The van der Waals surface area contributed by atoms with Crippen molar-refractivity contribution in [2.24, 2.45) is 11.7 Å². The Hall–Kier alpha value is -1.16. The van der Waals surface area contributed by atoms with Gasteiger partial charge in [-0.25, -0.2) is 9.97 Å². The third kappa shape index (κ3) is 2.92. The lowest BCUT2D eigenvalue weighted by Crippen LogP contribution is -2.37. The second-order valence-electron chi connectivity index (χ2n) is 4.67. The van der Waals surface area contributed by atoms with Crippen LogP contribution in [0.2, 0.25) is 0 Å². The summed E-state index contributed by atoms with van der Waals surface area (Å²) in [5.74, 6) is 1.28. The number of hydrogen-bond donors (Lipinski definition) is 2. The minimum atomic E-state index is 0.340. The first-order chi connectivity index (χ1) is 7.75. The minimum Gasteiger partial charge on any atom is -0.354 e. The highest BCUT2D eigenvalue weighted by Crippen LogP contribution is 2.22. The van der Waals surface area contributed by atoms with Gasteiger partial charge in [0.1, 0.15) is 0 Å². The van der Waals surface area contributed by atoms with E-state index in [1.54, 1.807) is 0 Å². The Morgan fingerprint density at radius 3 is 2.69 bits per heavy atom. The van der Waals surface area contributed by atoms with Crippen LogP contribution in [-0.4, -0.2) is 22.6 Å². The van der Waals surface area contributed by atoms with Gasteiger partial charge in [0.2, 0.25) is 5.95 Å². The molecule has 1 aromatic rings. The lowest BCUT2D eigenvalue weighted by Gasteiger charge is -2.28. The molecule has 0 radical (unpaired) electrons. The molecule has 0 aliphatic heterocycles. The maximum Gasteiger partial charge on any atom is 0.222 e. The number of nitrogens with two attached hydrogens (primary N) is 1. The summed E-state index contributed by atoms with van der Waals surface area (Å²) in [5, 5.41) is 3.27. The fraction of sp³-hybridized carbons (Fsp3) is 0.667. The van der Waals surface area contributed by atoms with Crippen molar-refractivity contribution in [2.75, 3.05) is 11.9 Å². The van der Waals surface area contributed by atoms with Crippen molar-refractivity contribution in [3.05, 3.63) is 18.0 Å². The topological polar surface area (TPSA) is 63.8 Å². The van der Waals surface area contributed by atoms with Gasteiger partial charge in [-0.3, -0.25) is 0 Å². The van der Waals surface area contributed by atoms with E-state index in [9.17, 15) is 0 Å². The summed E-state index contributed by atoms with van der Waals surface area (Å²) in [4.78, 5) is 8.45. The van der Waals surface area contributed by atoms with Crippen molar-refractivity contribution in [3.63, 3.8) is 0 Å². The van der Waals surface area contributed by atoms with Crippen LogP contribution in [0.15, 0.2) is 12.4 Å². The van der Waals surface area contributed by atoms with Crippen molar-refractivity contribution in [1.29, 1.82) is 0 Å². The number of aryl methyl sites for hydroxylation is 1. The van der Waals surface area contributed by atoms with E-state index in [1.165, 1.54) is 19.3 Å². The smallest absolute Gasteiger partial charge is 0.222 e. The third-order valence-electron chi connectivity index (χ3n) is 3.27. The first-order valence-electron chi connectivity index (χ1n) is 6.04. The molecule has 1 aliphatic rings. The molecule has 1 aliphatic carbocycles. The van der Waals surface area contributed by atoms with Crippen LogP contribution in [0.4, 0.5) is 5.95 Å². The number of rotatable bonds is 3. The molecule has 88 valence electrons. The van der Waals surface area contributed by atoms with E-state index in [-0.39, 0.29) is 0 Å². The molecule has 2 atom stereocenters. The highest BCUT2D eigenvalue weighted by molar-refractivity contribution is 5.24. The predicted molar refractivity (Wildman–Crippen MR) is 65.2 cm³/mol. The summed E-state index contributed by atoms with van der Waals surface area (Å²) in [7, 11) is 0. The summed E-state index contributed by atoms with van der Waals surface area (Å²) in [6.45, 7) is 2.88. The lowest BCUT2D eigenvalue weighted by molar-refractivity contribution is 0.321. The van der Waals surface area contributed by atoms with Gasteiger partial charge in [0.25, 0.3) is 0 Å². The van der Waals surface area contributed by atoms with Gasteiger partial charge in [-0.2, -0.15) is 0 Å². The van der Waals surface area contributed by atoms with Crippen LogP contribution in [0.1, 0.15) is 31.2 Å². The van der Waals surface area contributed by atoms with Gasteiger partial charge in [0.15, 0.2) is 0 Å². The van der Waals surface area contributed by atoms with Crippen LogP contribution in [0.25, 0.3) is 0 Å². The molecule has 16 heavy (non-hydrogen) atoms. The number of aromatic nitrogens is 2. The van der Waals surface area contributed by atoms with Crippen molar-refractivity contribution in [2.45, 2.75) is 38.6 Å². The van der Waals surface area contributed by atoms with Gasteiger partial charge in [-0.05, 0) is 31.2 Å². The Balaban J connectivity index is 1.84. The van der Waals surface area contributed by atoms with Crippen LogP contribution < -0.4 is 11.1 Å². The number of nitrogens with zero attached hydrogens (tertiary/aromatic N) is 2. The van der Waals surface area contributed by atoms with E-state index < -0.39 is 0 Å². The van der Waals surface area contributed by atoms with Gasteiger partial charge in [-0.15, -0.1) is 0 Å². The highest BCUT2D eigenvalue weighted by atomic mass is 15.1. The molecule has 0 aromatic carbocycles. The van der Waals surface area contributed by atoms with E-state index in [0.717, 1.165) is 18.5 Å². The molecule has 0 amide bonds. The third-order valence-corrected chi connectivity index (χ3v) is 3.27. The number of hydrogen-bond acceptors (Lipinski definition) is 4. The number of anilines is 1. The van der Waals surface area contributed by atoms with Crippen molar-refractivity contribution >= 4 is 5.95 Å². The molecule has 0 saturated heterocycles. The maximum atomic E-state index is 6.09. The fourth-order valence-corrected chi connectivity index (χ4v) is 2.20. The Morgan fingerprint density at radius 2 is 2.00 bits per heavy atom. The monoisotopic (exact) mass is 220 g/mol. The van der Waals surface area contributed by atoms with Crippen molar-refractivity contribution in [1.82, 2.24) is 9.97 Å². The van der Waals surface area contributed by atoms with Gasteiger partial charge < -0.3 is 11.1 Å². The first kappa shape index (κ1) is 11.3. The first-order valence-corrected chi connectivity index (χ1v) is 6.04. The van der Waals surface area contributed by atoms with Crippen LogP contribution in [0.3, 0.4) is 0 Å². The summed E-state index contributed by atoms with van der Waals surface area (Å²) in [5.41, 5.74) is 7.17.